The normalized spacial score (nSPS) is 15.9. The standard InChI is InChI=1S/C40H69NO12/c1-48-26-33(27-49-32-43)28-50-37(44)20-10-4-12-22-41(24-14-15-25-42)23-13-5-11-21-38(45)51-29-34(30-52-39(46)35-16-6-2-7-17-35)31-53-40(47)36-18-8-3-9-19-36/h32-36,42H,2-31H2,1H3. The summed E-state index contributed by atoms with van der Waals surface area (Å²) in [6.07, 6.45) is 17.0. The molecule has 0 bridgehead atoms. The number of aliphatic hydroxyl groups is 1. The maximum atomic E-state index is 12.7. The van der Waals surface area contributed by atoms with Crippen molar-refractivity contribution in [3.05, 3.63) is 0 Å². The first-order valence-electron chi connectivity index (χ1n) is 20.4. The van der Waals surface area contributed by atoms with Gasteiger partial charge in [-0.3, -0.25) is 24.0 Å². The average molecular weight is 756 g/mol. The molecule has 13 heteroatoms. The van der Waals surface area contributed by atoms with E-state index in [-0.39, 0.29) is 87.7 Å². The van der Waals surface area contributed by atoms with E-state index in [0.29, 0.717) is 25.9 Å². The summed E-state index contributed by atoms with van der Waals surface area (Å²) in [4.78, 5) is 63.0. The Kier molecular flexibility index (Phi) is 26.7. The molecule has 0 heterocycles. The molecule has 1 N–H and O–H groups in total. The van der Waals surface area contributed by atoms with Crippen molar-refractivity contribution < 1.29 is 57.5 Å². The van der Waals surface area contributed by atoms with Gasteiger partial charge in [-0.1, -0.05) is 51.4 Å². The summed E-state index contributed by atoms with van der Waals surface area (Å²) in [7, 11) is 1.54. The van der Waals surface area contributed by atoms with Crippen LogP contribution in [0.5, 0.6) is 0 Å². The van der Waals surface area contributed by atoms with Gasteiger partial charge >= 0.3 is 23.9 Å². The average Bonchev–Trinajstić information content (AvgIpc) is 3.18. The molecule has 1 atom stereocenters. The number of aliphatic hydroxyl groups excluding tert-OH is 1. The molecule has 0 aliphatic heterocycles. The summed E-state index contributed by atoms with van der Waals surface area (Å²) >= 11 is 0. The number of ether oxygens (including phenoxy) is 6. The fourth-order valence-corrected chi connectivity index (χ4v) is 6.92. The van der Waals surface area contributed by atoms with Crippen molar-refractivity contribution in [2.45, 2.75) is 128 Å². The van der Waals surface area contributed by atoms with Gasteiger partial charge in [-0.2, -0.15) is 0 Å². The van der Waals surface area contributed by atoms with Crippen molar-refractivity contribution in [3.63, 3.8) is 0 Å². The summed E-state index contributed by atoms with van der Waals surface area (Å²) in [5, 5.41) is 9.24. The zero-order valence-corrected chi connectivity index (χ0v) is 32.5. The van der Waals surface area contributed by atoms with Crippen LogP contribution in [0.4, 0.5) is 0 Å². The molecule has 2 rings (SSSR count). The van der Waals surface area contributed by atoms with E-state index in [0.717, 1.165) is 129 Å². The molecule has 0 amide bonds. The number of methoxy groups -OCH3 is 1. The van der Waals surface area contributed by atoms with Gasteiger partial charge in [-0.15, -0.1) is 0 Å². The van der Waals surface area contributed by atoms with Crippen LogP contribution >= 0.6 is 0 Å². The minimum absolute atomic E-state index is 0.0375. The minimum Gasteiger partial charge on any atom is -0.467 e. The topological polar surface area (TPSA) is 164 Å². The molecule has 0 saturated heterocycles. The Morgan fingerprint density at radius 3 is 1.45 bits per heavy atom. The van der Waals surface area contributed by atoms with Crippen LogP contribution in [-0.4, -0.2) is 113 Å². The zero-order valence-electron chi connectivity index (χ0n) is 32.5. The van der Waals surface area contributed by atoms with Gasteiger partial charge in [-0.05, 0) is 83.8 Å². The Hall–Kier alpha value is -2.77. The largest absolute Gasteiger partial charge is 0.467 e. The molecule has 1 unspecified atom stereocenters. The third kappa shape index (κ3) is 22.9. The molecular formula is C40H69NO12. The summed E-state index contributed by atoms with van der Waals surface area (Å²) in [6, 6.07) is 0. The first kappa shape index (κ1) is 46.4. The number of rotatable bonds is 31. The molecule has 2 aliphatic rings. The molecule has 2 fully saturated rings. The minimum atomic E-state index is -0.403. The number of nitrogens with zero attached hydrogens (tertiary/aromatic N) is 1. The monoisotopic (exact) mass is 755 g/mol. The van der Waals surface area contributed by atoms with Crippen molar-refractivity contribution in [2.75, 3.05) is 73.0 Å². The van der Waals surface area contributed by atoms with E-state index in [2.05, 4.69) is 4.90 Å². The van der Waals surface area contributed by atoms with Gasteiger partial charge in [0.1, 0.15) is 19.8 Å². The van der Waals surface area contributed by atoms with Crippen LogP contribution < -0.4 is 0 Å². The van der Waals surface area contributed by atoms with Crippen LogP contribution in [0.3, 0.4) is 0 Å². The van der Waals surface area contributed by atoms with Crippen LogP contribution in [0.1, 0.15) is 128 Å². The summed E-state index contributed by atoms with van der Waals surface area (Å²) < 4.78 is 32.0. The highest BCUT2D eigenvalue weighted by molar-refractivity contribution is 5.73. The molecule has 306 valence electrons. The highest BCUT2D eigenvalue weighted by Gasteiger charge is 2.27. The van der Waals surface area contributed by atoms with Gasteiger partial charge in [0.25, 0.3) is 6.47 Å². The van der Waals surface area contributed by atoms with Crippen LogP contribution in [0.25, 0.3) is 0 Å². The van der Waals surface area contributed by atoms with Gasteiger partial charge in [0.15, 0.2) is 0 Å². The third-order valence-corrected chi connectivity index (χ3v) is 10.2. The molecule has 0 aromatic carbocycles. The van der Waals surface area contributed by atoms with E-state index in [4.69, 9.17) is 28.4 Å². The van der Waals surface area contributed by atoms with Crippen LogP contribution in [-0.2, 0) is 52.4 Å². The van der Waals surface area contributed by atoms with Crippen LogP contribution in [0, 0.1) is 23.7 Å². The predicted octanol–water partition coefficient (Wildman–Crippen LogP) is 5.57. The predicted molar refractivity (Wildman–Crippen MR) is 198 cm³/mol. The van der Waals surface area contributed by atoms with Gasteiger partial charge in [0.05, 0.1) is 43.5 Å². The molecule has 2 aliphatic carbocycles. The van der Waals surface area contributed by atoms with E-state index in [1.165, 1.54) is 0 Å². The van der Waals surface area contributed by atoms with Crippen molar-refractivity contribution in [2.24, 2.45) is 23.7 Å². The van der Waals surface area contributed by atoms with E-state index >= 15 is 0 Å². The maximum Gasteiger partial charge on any atom is 0.308 e. The summed E-state index contributed by atoms with van der Waals surface area (Å²) in [5.74, 6) is -1.77. The van der Waals surface area contributed by atoms with Crippen LogP contribution in [0.2, 0.25) is 0 Å². The lowest BCUT2D eigenvalue weighted by atomic mass is 9.89. The Balaban J connectivity index is 1.67. The van der Waals surface area contributed by atoms with Crippen LogP contribution in [0.15, 0.2) is 0 Å². The molecule has 0 aromatic rings. The summed E-state index contributed by atoms with van der Waals surface area (Å²) in [5.41, 5.74) is 0. The second-order valence-corrected chi connectivity index (χ2v) is 14.8. The smallest absolute Gasteiger partial charge is 0.308 e. The van der Waals surface area contributed by atoms with Crippen molar-refractivity contribution in [3.8, 4) is 0 Å². The second-order valence-electron chi connectivity index (χ2n) is 14.8. The Labute approximate surface area is 317 Å². The fraction of sp³-hybridized carbons (Fsp3) is 0.875. The lowest BCUT2D eigenvalue weighted by molar-refractivity contribution is -0.158. The summed E-state index contributed by atoms with van der Waals surface area (Å²) in [6.45, 7) is 3.96. The Bertz CT molecular complexity index is 964. The lowest BCUT2D eigenvalue weighted by Gasteiger charge is -2.24. The molecule has 0 spiro atoms. The Morgan fingerprint density at radius 2 is 1.02 bits per heavy atom. The number of esters is 4. The highest BCUT2D eigenvalue weighted by Crippen LogP contribution is 2.26. The van der Waals surface area contributed by atoms with Gasteiger partial charge in [0.2, 0.25) is 0 Å². The molecule has 13 nitrogen and oxygen atoms in total. The number of carbonyl (C=O) groups excluding carboxylic acids is 5. The first-order chi connectivity index (χ1) is 25.9. The number of unbranched alkanes of at least 4 members (excludes halogenated alkanes) is 5. The second kappa shape index (κ2) is 30.5. The maximum absolute atomic E-state index is 12.7. The Morgan fingerprint density at radius 1 is 0.585 bits per heavy atom. The quantitative estimate of drug-likeness (QED) is 0.0405. The zero-order chi connectivity index (χ0) is 38.4. The molecule has 2 saturated carbocycles. The number of hydrogen-bond donors (Lipinski definition) is 1. The highest BCUT2D eigenvalue weighted by atomic mass is 16.6. The van der Waals surface area contributed by atoms with Gasteiger partial charge in [0, 0.05) is 26.6 Å². The SMILES string of the molecule is COCC(COC=O)COC(=O)CCCCCN(CCCCO)CCCCCC(=O)OCC(COC(=O)C1CCCCC1)COC(=O)C1CCCCC1. The van der Waals surface area contributed by atoms with Crippen molar-refractivity contribution >= 4 is 30.3 Å². The van der Waals surface area contributed by atoms with Gasteiger partial charge < -0.3 is 38.4 Å². The van der Waals surface area contributed by atoms with Gasteiger partial charge in [-0.25, -0.2) is 0 Å². The number of carbonyl (C=O) groups is 5. The number of hydrogen-bond acceptors (Lipinski definition) is 13. The first-order valence-corrected chi connectivity index (χ1v) is 20.4. The van der Waals surface area contributed by atoms with E-state index in [1.807, 2.05) is 0 Å². The molecular weight excluding hydrogens is 686 g/mol. The third-order valence-electron chi connectivity index (χ3n) is 10.2. The molecule has 0 aromatic heterocycles. The van der Waals surface area contributed by atoms with E-state index in [9.17, 15) is 29.1 Å². The lowest BCUT2D eigenvalue weighted by Crippen LogP contribution is -2.30. The van der Waals surface area contributed by atoms with E-state index < -0.39 is 5.92 Å². The van der Waals surface area contributed by atoms with Crippen molar-refractivity contribution in [1.29, 1.82) is 0 Å². The molecule has 0 radical (unpaired) electrons. The molecule has 53 heavy (non-hydrogen) atoms. The van der Waals surface area contributed by atoms with E-state index in [1.54, 1.807) is 7.11 Å². The van der Waals surface area contributed by atoms with Crippen molar-refractivity contribution in [1.82, 2.24) is 4.90 Å². The fourth-order valence-electron chi connectivity index (χ4n) is 6.92.